The van der Waals surface area contributed by atoms with Gasteiger partial charge in [0.2, 0.25) is 0 Å². The van der Waals surface area contributed by atoms with E-state index in [1.807, 2.05) is 0 Å². The molecule has 65 valence electrons. The SMILES string of the molecule is C[CH]c1c(F)cc(F)c(F)c1F. The van der Waals surface area contributed by atoms with Crippen molar-refractivity contribution in [3.8, 4) is 0 Å². The van der Waals surface area contributed by atoms with E-state index in [0.29, 0.717) is 6.07 Å². The highest BCUT2D eigenvalue weighted by atomic mass is 19.2. The van der Waals surface area contributed by atoms with Gasteiger partial charge < -0.3 is 0 Å². The van der Waals surface area contributed by atoms with Crippen molar-refractivity contribution in [1.29, 1.82) is 0 Å². The van der Waals surface area contributed by atoms with E-state index in [2.05, 4.69) is 0 Å². The summed E-state index contributed by atoms with van der Waals surface area (Å²) in [4.78, 5) is 0. The van der Waals surface area contributed by atoms with Gasteiger partial charge in [-0.2, -0.15) is 0 Å². The summed E-state index contributed by atoms with van der Waals surface area (Å²) in [6.45, 7) is 1.33. The average molecular weight is 177 g/mol. The lowest BCUT2D eigenvalue weighted by molar-refractivity contribution is 0.430. The Morgan fingerprint density at radius 1 is 1.00 bits per heavy atom. The summed E-state index contributed by atoms with van der Waals surface area (Å²) in [5.41, 5.74) is -0.547. The third-order valence-electron chi connectivity index (χ3n) is 1.44. The van der Waals surface area contributed by atoms with Crippen LogP contribution in [0.2, 0.25) is 0 Å². The molecule has 4 heteroatoms. The number of hydrogen-bond donors (Lipinski definition) is 0. The molecular weight excluding hydrogens is 172 g/mol. The topological polar surface area (TPSA) is 0 Å². The fourth-order valence-electron chi connectivity index (χ4n) is 0.845. The molecule has 0 aliphatic rings. The minimum absolute atomic E-state index is 0.313. The number of hydrogen-bond acceptors (Lipinski definition) is 0. The molecule has 0 aliphatic heterocycles. The Morgan fingerprint density at radius 2 is 1.58 bits per heavy atom. The molecule has 0 N–H and O–H groups in total. The molecule has 0 saturated carbocycles. The molecule has 0 nitrogen and oxygen atoms in total. The van der Waals surface area contributed by atoms with E-state index >= 15 is 0 Å². The minimum atomic E-state index is -1.65. The van der Waals surface area contributed by atoms with Crippen molar-refractivity contribution in [3.05, 3.63) is 41.3 Å². The number of halogens is 4. The molecule has 0 bridgehead atoms. The maximum atomic E-state index is 12.6. The lowest BCUT2D eigenvalue weighted by Crippen LogP contribution is -1.99. The molecule has 0 saturated heterocycles. The van der Waals surface area contributed by atoms with Crippen LogP contribution in [0, 0.1) is 29.7 Å². The standard InChI is InChI=1S/C8H5F4/c1-2-4-5(9)3-6(10)8(12)7(4)11/h2-3H,1H3. The molecule has 12 heavy (non-hydrogen) atoms. The third-order valence-corrected chi connectivity index (χ3v) is 1.44. The summed E-state index contributed by atoms with van der Waals surface area (Å²) < 4.78 is 50.0. The summed E-state index contributed by atoms with van der Waals surface area (Å²) in [6, 6.07) is 0.313. The first-order valence-corrected chi connectivity index (χ1v) is 3.20. The van der Waals surface area contributed by atoms with Crippen molar-refractivity contribution in [2.24, 2.45) is 0 Å². The molecular formula is C8H5F4. The monoisotopic (exact) mass is 177 g/mol. The Morgan fingerprint density at radius 3 is 2.08 bits per heavy atom. The quantitative estimate of drug-likeness (QED) is 0.351. The van der Waals surface area contributed by atoms with Gasteiger partial charge in [-0.1, -0.05) is 6.92 Å². The van der Waals surface area contributed by atoms with Crippen LogP contribution in [-0.2, 0) is 0 Å². The second-order valence-corrected chi connectivity index (χ2v) is 2.17. The lowest BCUT2D eigenvalue weighted by atomic mass is 10.1. The Hall–Kier alpha value is -1.06. The van der Waals surface area contributed by atoms with E-state index in [1.54, 1.807) is 0 Å². The molecule has 1 rings (SSSR count). The van der Waals surface area contributed by atoms with Crippen molar-refractivity contribution in [2.75, 3.05) is 0 Å². The van der Waals surface area contributed by atoms with Gasteiger partial charge in [-0.25, -0.2) is 17.6 Å². The molecule has 0 amide bonds. The normalized spacial score (nSPS) is 10.4. The van der Waals surface area contributed by atoms with Crippen LogP contribution in [0.4, 0.5) is 17.6 Å². The van der Waals surface area contributed by atoms with E-state index in [1.165, 1.54) is 6.92 Å². The van der Waals surface area contributed by atoms with Gasteiger partial charge in [-0.05, 0) is 6.42 Å². The highest BCUT2D eigenvalue weighted by Gasteiger charge is 2.16. The fraction of sp³-hybridized carbons (Fsp3) is 0.125. The van der Waals surface area contributed by atoms with E-state index in [4.69, 9.17) is 0 Å². The van der Waals surface area contributed by atoms with E-state index in [-0.39, 0.29) is 0 Å². The molecule has 0 aromatic heterocycles. The molecule has 0 aliphatic carbocycles. The van der Waals surface area contributed by atoms with Crippen molar-refractivity contribution >= 4 is 0 Å². The van der Waals surface area contributed by atoms with Crippen LogP contribution in [-0.4, -0.2) is 0 Å². The van der Waals surface area contributed by atoms with Gasteiger partial charge in [-0.15, -0.1) is 0 Å². The van der Waals surface area contributed by atoms with Crippen LogP contribution >= 0.6 is 0 Å². The van der Waals surface area contributed by atoms with Crippen molar-refractivity contribution in [1.82, 2.24) is 0 Å². The van der Waals surface area contributed by atoms with Gasteiger partial charge in [0.25, 0.3) is 0 Å². The largest absolute Gasteiger partial charge is 0.206 e. The van der Waals surface area contributed by atoms with Gasteiger partial charge in [0.05, 0.1) is 0 Å². The van der Waals surface area contributed by atoms with E-state index in [9.17, 15) is 17.6 Å². The Bertz CT molecular complexity index is 306. The van der Waals surface area contributed by atoms with Crippen LogP contribution in [0.5, 0.6) is 0 Å². The van der Waals surface area contributed by atoms with Crippen LogP contribution in [0.3, 0.4) is 0 Å². The Balaban J connectivity index is 3.40. The Labute approximate surface area is 66.8 Å². The van der Waals surface area contributed by atoms with E-state index in [0.717, 1.165) is 6.42 Å². The highest BCUT2D eigenvalue weighted by molar-refractivity contribution is 5.27. The number of benzene rings is 1. The molecule has 1 radical (unpaired) electrons. The summed E-state index contributed by atoms with van der Waals surface area (Å²) in [6.07, 6.45) is 1.03. The maximum absolute atomic E-state index is 12.6. The molecule has 0 unspecified atom stereocenters. The predicted molar refractivity (Wildman–Crippen MR) is 35.4 cm³/mol. The van der Waals surface area contributed by atoms with Gasteiger partial charge in [0.15, 0.2) is 17.5 Å². The first-order valence-electron chi connectivity index (χ1n) is 3.20. The molecule has 1 aromatic rings. The second-order valence-electron chi connectivity index (χ2n) is 2.17. The fourth-order valence-corrected chi connectivity index (χ4v) is 0.845. The van der Waals surface area contributed by atoms with Crippen molar-refractivity contribution < 1.29 is 17.6 Å². The zero-order valence-corrected chi connectivity index (χ0v) is 6.17. The first-order chi connectivity index (χ1) is 5.57. The van der Waals surface area contributed by atoms with Gasteiger partial charge in [0, 0.05) is 11.6 Å². The van der Waals surface area contributed by atoms with Gasteiger partial charge in [0.1, 0.15) is 5.82 Å². The van der Waals surface area contributed by atoms with E-state index < -0.39 is 28.8 Å². The predicted octanol–water partition coefficient (Wildman–Crippen LogP) is 2.82. The van der Waals surface area contributed by atoms with Gasteiger partial charge >= 0.3 is 0 Å². The zero-order valence-electron chi connectivity index (χ0n) is 6.17. The summed E-state index contributed by atoms with van der Waals surface area (Å²) >= 11 is 0. The molecule has 0 fully saturated rings. The van der Waals surface area contributed by atoms with Crippen LogP contribution in [0.1, 0.15) is 12.5 Å². The van der Waals surface area contributed by atoms with Crippen molar-refractivity contribution in [2.45, 2.75) is 6.92 Å². The second kappa shape index (κ2) is 3.13. The van der Waals surface area contributed by atoms with Crippen LogP contribution in [0.25, 0.3) is 0 Å². The summed E-state index contributed by atoms with van der Waals surface area (Å²) in [5.74, 6) is -5.76. The third kappa shape index (κ3) is 1.29. The minimum Gasteiger partial charge on any atom is -0.206 e. The molecule has 0 spiro atoms. The van der Waals surface area contributed by atoms with Crippen molar-refractivity contribution in [3.63, 3.8) is 0 Å². The van der Waals surface area contributed by atoms with Crippen LogP contribution in [0.15, 0.2) is 6.07 Å². The lowest BCUT2D eigenvalue weighted by Gasteiger charge is -2.02. The molecule has 1 aromatic carbocycles. The molecule has 0 heterocycles. The summed E-state index contributed by atoms with van der Waals surface area (Å²) in [7, 11) is 0. The zero-order chi connectivity index (χ0) is 9.30. The average Bonchev–Trinajstić information content (AvgIpc) is 2.01. The molecule has 0 atom stereocenters. The summed E-state index contributed by atoms with van der Waals surface area (Å²) in [5, 5.41) is 0. The maximum Gasteiger partial charge on any atom is 0.194 e. The number of rotatable bonds is 1. The Kier molecular flexibility index (Phi) is 2.35. The first kappa shape index (κ1) is 9.03. The van der Waals surface area contributed by atoms with Crippen LogP contribution < -0.4 is 0 Å². The smallest absolute Gasteiger partial charge is 0.194 e. The van der Waals surface area contributed by atoms with Gasteiger partial charge in [-0.3, -0.25) is 0 Å². The highest BCUT2D eigenvalue weighted by Crippen LogP contribution is 2.19.